The monoisotopic (exact) mass is 284 g/mol. The standard InChI is InChI=1S/C14H21BrO/c1-2-3-4-5-8-11-16-12-13-9-6-7-10-14(13)15/h6-7,9-10H,2-5,8,11-12H2,1H3. The van der Waals surface area contributed by atoms with E-state index in [0.29, 0.717) is 0 Å². The first-order chi connectivity index (χ1) is 7.84. The molecule has 0 N–H and O–H groups in total. The van der Waals surface area contributed by atoms with Gasteiger partial charge in [0.1, 0.15) is 0 Å². The van der Waals surface area contributed by atoms with Crippen LogP contribution in [0.15, 0.2) is 28.7 Å². The fourth-order valence-electron chi connectivity index (χ4n) is 1.61. The highest BCUT2D eigenvalue weighted by molar-refractivity contribution is 9.10. The summed E-state index contributed by atoms with van der Waals surface area (Å²) < 4.78 is 6.79. The largest absolute Gasteiger partial charge is 0.377 e. The summed E-state index contributed by atoms with van der Waals surface area (Å²) in [6.45, 7) is 3.84. The first kappa shape index (κ1) is 13.7. The second-order valence-electron chi connectivity index (χ2n) is 4.06. The maximum atomic E-state index is 5.65. The van der Waals surface area contributed by atoms with Gasteiger partial charge in [-0.2, -0.15) is 0 Å². The summed E-state index contributed by atoms with van der Waals surface area (Å²) in [4.78, 5) is 0. The van der Waals surface area contributed by atoms with Crippen LogP contribution in [0.2, 0.25) is 0 Å². The predicted octanol–water partition coefficient (Wildman–Crippen LogP) is 4.94. The molecule has 1 rings (SSSR count). The minimum atomic E-state index is 0.717. The topological polar surface area (TPSA) is 9.23 Å². The Kier molecular flexibility index (Phi) is 7.52. The molecule has 0 atom stereocenters. The summed E-state index contributed by atoms with van der Waals surface area (Å²) in [5.74, 6) is 0. The average Bonchev–Trinajstić information content (AvgIpc) is 2.30. The number of hydrogen-bond acceptors (Lipinski definition) is 1. The van der Waals surface area contributed by atoms with E-state index in [1.807, 2.05) is 12.1 Å². The van der Waals surface area contributed by atoms with Gasteiger partial charge in [-0.15, -0.1) is 0 Å². The number of halogens is 1. The van der Waals surface area contributed by atoms with E-state index < -0.39 is 0 Å². The number of unbranched alkanes of at least 4 members (excludes halogenated alkanes) is 4. The lowest BCUT2D eigenvalue weighted by atomic mass is 10.2. The van der Waals surface area contributed by atoms with Crippen LogP contribution in [-0.2, 0) is 11.3 Å². The Morgan fingerprint density at radius 3 is 2.56 bits per heavy atom. The van der Waals surface area contributed by atoms with Crippen molar-refractivity contribution in [1.82, 2.24) is 0 Å². The second-order valence-corrected chi connectivity index (χ2v) is 4.91. The Hall–Kier alpha value is -0.340. The van der Waals surface area contributed by atoms with Crippen LogP contribution in [0.3, 0.4) is 0 Å². The van der Waals surface area contributed by atoms with E-state index in [1.165, 1.54) is 37.7 Å². The summed E-state index contributed by atoms with van der Waals surface area (Å²) in [6, 6.07) is 8.23. The third-order valence-electron chi connectivity index (χ3n) is 2.61. The van der Waals surface area contributed by atoms with Gasteiger partial charge in [0.05, 0.1) is 6.61 Å². The van der Waals surface area contributed by atoms with Crippen LogP contribution in [-0.4, -0.2) is 6.61 Å². The fourth-order valence-corrected chi connectivity index (χ4v) is 2.00. The van der Waals surface area contributed by atoms with E-state index >= 15 is 0 Å². The first-order valence-electron chi connectivity index (χ1n) is 6.15. The molecule has 1 aromatic rings. The highest BCUT2D eigenvalue weighted by Gasteiger charge is 1.97. The van der Waals surface area contributed by atoms with Gasteiger partial charge < -0.3 is 4.74 Å². The van der Waals surface area contributed by atoms with Crippen LogP contribution in [0.25, 0.3) is 0 Å². The van der Waals surface area contributed by atoms with Gasteiger partial charge in [-0.25, -0.2) is 0 Å². The molecule has 0 radical (unpaired) electrons. The third kappa shape index (κ3) is 5.66. The summed E-state index contributed by atoms with van der Waals surface area (Å²) in [5.41, 5.74) is 1.23. The molecule has 0 saturated heterocycles. The van der Waals surface area contributed by atoms with E-state index in [1.54, 1.807) is 0 Å². The quantitative estimate of drug-likeness (QED) is 0.615. The molecule has 0 saturated carbocycles. The van der Waals surface area contributed by atoms with Gasteiger partial charge in [0.15, 0.2) is 0 Å². The lowest BCUT2D eigenvalue weighted by molar-refractivity contribution is 0.116. The Balaban J connectivity index is 2.05. The van der Waals surface area contributed by atoms with Crippen LogP contribution in [0.5, 0.6) is 0 Å². The van der Waals surface area contributed by atoms with Crippen LogP contribution in [0.1, 0.15) is 44.6 Å². The van der Waals surface area contributed by atoms with Crippen molar-refractivity contribution in [2.24, 2.45) is 0 Å². The van der Waals surface area contributed by atoms with Gasteiger partial charge in [-0.05, 0) is 18.1 Å². The van der Waals surface area contributed by atoms with E-state index in [9.17, 15) is 0 Å². The third-order valence-corrected chi connectivity index (χ3v) is 3.38. The molecule has 0 aliphatic rings. The van der Waals surface area contributed by atoms with E-state index in [-0.39, 0.29) is 0 Å². The van der Waals surface area contributed by atoms with Crippen molar-refractivity contribution in [2.45, 2.75) is 45.6 Å². The molecule has 0 fully saturated rings. The molecule has 0 heterocycles. The van der Waals surface area contributed by atoms with Crippen molar-refractivity contribution in [2.75, 3.05) is 6.61 Å². The van der Waals surface area contributed by atoms with Gasteiger partial charge >= 0.3 is 0 Å². The molecule has 2 heteroatoms. The summed E-state index contributed by atoms with van der Waals surface area (Å²) in [5, 5.41) is 0. The molecule has 0 spiro atoms. The summed E-state index contributed by atoms with van der Waals surface area (Å²) >= 11 is 3.52. The fraction of sp³-hybridized carbons (Fsp3) is 0.571. The molecule has 16 heavy (non-hydrogen) atoms. The molecule has 0 aromatic heterocycles. The lowest BCUT2D eigenvalue weighted by Gasteiger charge is -2.06. The molecule has 0 aliphatic carbocycles. The van der Waals surface area contributed by atoms with Crippen LogP contribution in [0, 0.1) is 0 Å². The van der Waals surface area contributed by atoms with Crippen molar-refractivity contribution in [1.29, 1.82) is 0 Å². The van der Waals surface area contributed by atoms with Crippen molar-refractivity contribution in [3.63, 3.8) is 0 Å². The summed E-state index contributed by atoms with van der Waals surface area (Å²) in [7, 11) is 0. The molecule has 0 amide bonds. The molecular formula is C14H21BrO. The zero-order valence-electron chi connectivity index (χ0n) is 10.0. The number of benzene rings is 1. The van der Waals surface area contributed by atoms with Crippen molar-refractivity contribution < 1.29 is 4.74 Å². The smallest absolute Gasteiger partial charge is 0.0727 e. The zero-order valence-corrected chi connectivity index (χ0v) is 11.6. The summed E-state index contributed by atoms with van der Waals surface area (Å²) in [6.07, 6.45) is 6.48. The van der Waals surface area contributed by atoms with Crippen LogP contribution < -0.4 is 0 Å². The molecule has 0 unspecified atom stereocenters. The van der Waals surface area contributed by atoms with Gasteiger partial charge in [-0.1, -0.05) is 66.7 Å². The van der Waals surface area contributed by atoms with Gasteiger partial charge in [0.2, 0.25) is 0 Å². The van der Waals surface area contributed by atoms with Crippen molar-refractivity contribution in [3.8, 4) is 0 Å². The van der Waals surface area contributed by atoms with E-state index in [2.05, 4.69) is 35.0 Å². The molecule has 1 nitrogen and oxygen atoms in total. The average molecular weight is 285 g/mol. The highest BCUT2D eigenvalue weighted by Crippen LogP contribution is 2.16. The number of hydrogen-bond donors (Lipinski definition) is 0. The molecule has 90 valence electrons. The Bertz CT molecular complexity index is 286. The SMILES string of the molecule is CCCCCCCOCc1ccccc1Br. The molecule has 0 aliphatic heterocycles. The normalized spacial score (nSPS) is 10.6. The maximum absolute atomic E-state index is 5.65. The Morgan fingerprint density at radius 2 is 1.81 bits per heavy atom. The maximum Gasteiger partial charge on any atom is 0.0727 e. The minimum Gasteiger partial charge on any atom is -0.377 e. The van der Waals surface area contributed by atoms with Gasteiger partial charge in [0, 0.05) is 11.1 Å². The van der Waals surface area contributed by atoms with Crippen molar-refractivity contribution in [3.05, 3.63) is 34.3 Å². The van der Waals surface area contributed by atoms with Crippen molar-refractivity contribution >= 4 is 15.9 Å². The van der Waals surface area contributed by atoms with Crippen LogP contribution in [0.4, 0.5) is 0 Å². The minimum absolute atomic E-state index is 0.717. The highest BCUT2D eigenvalue weighted by atomic mass is 79.9. The number of rotatable bonds is 8. The predicted molar refractivity (Wildman–Crippen MR) is 72.6 cm³/mol. The van der Waals surface area contributed by atoms with Gasteiger partial charge in [0.25, 0.3) is 0 Å². The van der Waals surface area contributed by atoms with Gasteiger partial charge in [-0.3, -0.25) is 0 Å². The second kappa shape index (κ2) is 8.77. The molecule has 0 bridgehead atoms. The Labute approximate surface area is 107 Å². The lowest BCUT2D eigenvalue weighted by Crippen LogP contribution is -1.96. The van der Waals surface area contributed by atoms with E-state index in [4.69, 9.17) is 4.74 Å². The number of ether oxygens (including phenoxy) is 1. The first-order valence-corrected chi connectivity index (χ1v) is 6.95. The molecule has 1 aromatic carbocycles. The van der Waals surface area contributed by atoms with E-state index in [0.717, 1.165) is 17.7 Å². The Morgan fingerprint density at radius 1 is 1.06 bits per heavy atom. The van der Waals surface area contributed by atoms with Crippen LogP contribution >= 0.6 is 15.9 Å². The molecular weight excluding hydrogens is 264 g/mol. The zero-order chi connectivity index (χ0) is 11.6.